The fourth-order valence-electron chi connectivity index (χ4n) is 1.64. The number of hydrogen-bond acceptors (Lipinski definition) is 2. The monoisotopic (exact) mass is 325 g/mol. The maximum atomic E-state index is 5.82. The van der Waals surface area contributed by atoms with Crippen molar-refractivity contribution in [1.82, 2.24) is 4.98 Å². The minimum Gasteiger partial charge on any atom is -0.473 e. The van der Waals surface area contributed by atoms with Gasteiger partial charge >= 0.3 is 0 Å². The summed E-state index contributed by atoms with van der Waals surface area (Å²) < 4.78 is 6.72. The number of aromatic nitrogens is 1. The number of hydrogen-bond donors (Lipinski definition) is 0. The quantitative estimate of drug-likeness (QED) is 0.773. The molecule has 1 aromatic heterocycles. The van der Waals surface area contributed by atoms with Gasteiger partial charge in [-0.15, -0.1) is 11.6 Å². The highest BCUT2D eigenvalue weighted by molar-refractivity contribution is 9.10. The molecule has 4 heteroatoms. The van der Waals surface area contributed by atoms with Gasteiger partial charge in [0.05, 0.1) is 0 Å². The summed E-state index contributed by atoms with van der Waals surface area (Å²) in [6.07, 6.45) is 0. The molecular weight excluding hydrogens is 314 g/mol. The molecule has 2 aromatic rings. The van der Waals surface area contributed by atoms with Crippen LogP contribution in [0, 0.1) is 6.92 Å². The van der Waals surface area contributed by atoms with Gasteiger partial charge in [-0.2, -0.15) is 0 Å². The van der Waals surface area contributed by atoms with Crippen LogP contribution in [0.15, 0.2) is 40.9 Å². The number of rotatable bonds is 4. The van der Waals surface area contributed by atoms with Crippen LogP contribution < -0.4 is 4.74 Å². The predicted octanol–water partition coefficient (Wildman–Crippen LogP) is 4.47. The van der Waals surface area contributed by atoms with Crippen molar-refractivity contribution in [1.29, 1.82) is 0 Å². The first-order valence-corrected chi connectivity index (χ1v) is 6.91. The van der Waals surface area contributed by atoms with Crippen LogP contribution in [0.25, 0.3) is 0 Å². The Balaban J connectivity index is 2.08. The van der Waals surface area contributed by atoms with Crippen LogP contribution in [0.3, 0.4) is 0 Å². The molecule has 0 bridgehead atoms. The topological polar surface area (TPSA) is 22.1 Å². The predicted molar refractivity (Wildman–Crippen MR) is 77.0 cm³/mol. The molecule has 0 saturated carbocycles. The third-order valence-electron chi connectivity index (χ3n) is 2.42. The Kier molecular flexibility index (Phi) is 4.61. The Morgan fingerprint density at radius 3 is 2.78 bits per heavy atom. The smallest absolute Gasteiger partial charge is 0.214 e. The zero-order valence-electron chi connectivity index (χ0n) is 9.99. The third-order valence-corrected chi connectivity index (χ3v) is 3.22. The second kappa shape index (κ2) is 6.21. The SMILES string of the molecule is Cc1cc(CCl)cc(OCc2cccc(Br)c2)n1. The van der Waals surface area contributed by atoms with Gasteiger partial charge in [0.15, 0.2) is 0 Å². The molecule has 0 saturated heterocycles. The van der Waals surface area contributed by atoms with E-state index >= 15 is 0 Å². The number of benzene rings is 1. The Morgan fingerprint density at radius 2 is 2.06 bits per heavy atom. The van der Waals surface area contributed by atoms with E-state index in [2.05, 4.69) is 20.9 Å². The molecule has 0 amide bonds. The number of alkyl halides is 1. The van der Waals surface area contributed by atoms with Crippen molar-refractivity contribution in [3.8, 4) is 5.88 Å². The molecule has 2 rings (SSSR count). The highest BCUT2D eigenvalue weighted by atomic mass is 79.9. The van der Waals surface area contributed by atoms with Gasteiger partial charge in [0, 0.05) is 22.1 Å². The van der Waals surface area contributed by atoms with Gasteiger partial charge in [0.25, 0.3) is 0 Å². The molecule has 94 valence electrons. The summed E-state index contributed by atoms with van der Waals surface area (Å²) in [7, 11) is 0. The number of pyridine rings is 1. The van der Waals surface area contributed by atoms with Crippen LogP contribution >= 0.6 is 27.5 Å². The molecule has 0 N–H and O–H groups in total. The van der Waals surface area contributed by atoms with E-state index in [0.29, 0.717) is 18.4 Å². The van der Waals surface area contributed by atoms with Gasteiger partial charge in [-0.3, -0.25) is 0 Å². The lowest BCUT2D eigenvalue weighted by atomic mass is 10.2. The molecule has 18 heavy (non-hydrogen) atoms. The minimum atomic E-state index is 0.469. The van der Waals surface area contributed by atoms with E-state index in [1.807, 2.05) is 43.3 Å². The van der Waals surface area contributed by atoms with E-state index in [4.69, 9.17) is 16.3 Å². The lowest BCUT2D eigenvalue weighted by Crippen LogP contribution is -1.99. The van der Waals surface area contributed by atoms with Gasteiger partial charge in [0.1, 0.15) is 6.61 Å². The number of aryl methyl sites for hydroxylation is 1. The molecular formula is C14H13BrClNO. The summed E-state index contributed by atoms with van der Waals surface area (Å²) in [5, 5.41) is 0. The van der Waals surface area contributed by atoms with Crippen molar-refractivity contribution in [2.24, 2.45) is 0 Å². The molecule has 0 atom stereocenters. The molecule has 2 nitrogen and oxygen atoms in total. The molecule has 0 radical (unpaired) electrons. The van der Waals surface area contributed by atoms with E-state index in [-0.39, 0.29) is 0 Å². The van der Waals surface area contributed by atoms with Crippen LogP contribution in [0.5, 0.6) is 5.88 Å². The van der Waals surface area contributed by atoms with Crippen molar-refractivity contribution in [3.63, 3.8) is 0 Å². The Bertz CT molecular complexity index is 545. The average molecular weight is 327 g/mol. The zero-order valence-corrected chi connectivity index (χ0v) is 12.3. The molecule has 1 aromatic carbocycles. The van der Waals surface area contributed by atoms with E-state index < -0.39 is 0 Å². The molecule has 0 unspecified atom stereocenters. The fourth-order valence-corrected chi connectivity index (χ4v) is 2.24. The minimum absolute atomic E-state index is 0.469. The normalized spacial score (nSPS) is 10.4. The van der Waals surface area contributed by atoms with Crippen LogP contribution in [0.4, 0.5) is 0 Å². The molecule has 0 aliphatic carbocycles. The largest absolute Gasteiger partial charge is 0.473 e. The van der Waals surface area contributed by atoms with E-state index in [1.54, 1.807) is 0 Å². The Morgan fingerprint density at radius 1 is 1.22 bits per heavy atom. The highest BCUT2D eigenvalue weighted by Crippen LogP contribution is 2.17. The highest BCUT2D eigenvalue weighted by Gasteiger charge is 2.02. The van der Waals surface area contributed by atoms with Crippen molar-refractivity contribution < 1.29 is 4.74 Å². The molecule has 0 spiro atoms. The summed E-state index contributed by atoms with van der Waals surface area (Å²) in [5.74, 6) is 1.09. The fraction of sp³-hybridized carbons (Fsp3) is 0.214. The molecule has 0 fully saturated rings. The first-order valence-electron chi connectivity index (χ1n) is 5.58. The maximum absolute atomic E-state index is 5.82. The van der Waals surface area contributed by atoms with Crippen LogP contribution in [0.1, 0.15) is 16.8 Å². The van der Waals surface area contributed by atoms with Gasteiger partial charge in [-0.25, -0.2) is 4.98 Å². The van der Waals surface area contributed by atoms with Gasteiger partial charge in [-0.1, -0.05) is 28.1 Å². The number of nitrogens with zero attached hydrogens (tertiary/aromatic N) is 1. The van der Waals surface area contributed by atoms with E-state index in [1.165, 1.54) is 0 Å². The van der Waals surface area contributed by atoms with Crippen molar-refractivity contribution >= 4 is 27.5 Å². The second-order valence-corrected chi connectivity index (χ2v) is 5.19. The Hall–Kier alpha value is -1.06. The summed E-state index contributed by atoms with van der Waals surface area (Å²) in [4.78, 5) is 4.33. The first kappa shape index (κ1) is 13.4. The van der Waals surface area contributed by atoms with Crippen molar-refractivity contribution in [2.45, 2.75) is 19.4 Å². The van der Waals surface area contributed by atoms with Crippen molar-refractivity contribution in [3.05, 3.63) is 57.7 Å². The third kappa shape index (κ3) is 3.72. The average Bonchev–Trinajstić information content (AvgIpc) is 2.36. The van der Waals surface area contributed by atoms with Gasteiger partial charge in [-0.05, 0) is 36.2 Å². The molecule has 0 aliphatic rings. The van der Waals surface area contributed by atoms with Gasteiger partial charge < -0.3 is 4.74 Å². The van der Waals surface area contributed by atoms with E-state index in [9.17, 15) is 0 Å². The van der Waals surface area contributed by atoms with Crippen LogP contribution in [0.2, 0.25) is 0 Å². The van der Waals surface area contributed by atoms with Crippen LogP contribution in [-0.2, 0) is 12.5 Å². The number of halogens is 2. The lowest BCUT2D eigenvalue weighted by Gasteiger charge is -2.08. The second-order valence-electron chi connectivity index (χ2n) is 4.01. The summed E-state index contributed by atoms with van der Waals surface area (Å²) in [5.41, 5.74) is 3.03. The lowest BCUT2D eigenvalue weighted by molar-refractivity contribution is 0.293. The summed E-state index contributed by atoms with van der Waals surface area (Å²) in [6, 6.07) is 11.8. The maximum Gasteiger partial charge on any atom is 0.214 e. The summed E-state index contributed by atoms with van der Waals surface area (Å²) >= 11 is 9.25. The van der Waals surface area contributed by atoms with Crippen LogP contribution in [-0.4, -0.2) is 4.98 Å². The standard InChI is InChI=1S/C14H13BrClNO/c1-10-5-12(8-16)7-14(17-10)18-9-11-3-2-4-13(15)6-11/h2-7H,8-9H2,1H3. The molecule has 0 aliphatic heterocycles. The summed E-state index contributed by atoms with van der Waals surface area (Å²) in [6.45, 7) is 2.43. The number of ether oxygens (including phenoxy) is 1. The van der Waals surface area contributed by atoms with Crippen molar-refractivity contribution in [2.75, 3.05) is 0 Å². The first-order chi connectivity index (χ1) is 8.67. The zero-order chi connectivity index (χ0) is 13.0. The van der Waals surface area contributed by atoms with E-state index in [0.717, 1.165) is 21.3 Å². The molecule has 1 heterocycles. The Labute approximate surface area is 120 Å². The van der Waals surface area contributed by atoms with Gasteiger partial charge in [0.2, 0.25) is 5.88 Å².